The zero-order chi connectivity index (χ0) is 40.2. The van der Waals surface area contributed by atoms with E-state index in [-0.39, 0.29) is 48.4 Å². The Hall–Kier alpha value is -4.98. The SMILES string of the molecule is COc1cc(Br)cc(C2C3=CCC4C(=O)N(CCc5ccc(O)cc5)C(=O)C4C3CC3C(=O)N(c4cc(-c5sc6ccc(Cl)cc6c5C)nn4C)C(=O)C32C)c1O. The van der Waals surface area contributed by atoms with Gasteiger partial charge in [-0.3, -0.25) is 28.8 Å². The Labute approximate surface area is 345 Å². The Balaban J connectivity index is 1.13. The number of anilines is 1. The van der Waals surface area contributed by atoms with E-state index in [9.17, 15) is 24.6 Å². The number of hydrogen-bond donors (Lipinski definition) is 2. The first kappa shape index (κ1) is 37.6. The molecule has 292 valence electrons. The molecule has 2 aromatic heterocycles. The van der Waals surface area contributed by atoms with Crippen LogP contribution in [0.25, 0.3) is 20.7 Å². The quantitative estimate of drug-likeness (QED) is 0.124. The van der Waals surface area contributed by atoms with Crippen LogP contribution in [0.1, 0.15) is 42.4 Å². The molecule has 5 aromatic rings. The molecule has 6 atom stereocenters. The van der Waals surface area contributed by atoms with Crippen LogP contribution in [0.4, 0.5) is 5.82 Å². The van der Waals surface area contributed by atoms with Gasteiger partial charge in [0.25, 0.3) is 0 Å². The highest BCUT2D eigenvalue weighted by Gasteiger charge is 2.68. The number of amides is 4. The number of benzene rings is 3. The van der Waals surface area contributed by atoms with Gasteiger partial charge in [-0.1, -0.05) is 51.3 Å². The number of carbonyl (C=O) groups is 4. The Morgan fingerprint density at radius 1 is 1.00 bits per heavy atom. The van der Waals surface area contributed by atoms with Gasteiger partial charge in [-0.25, -0.2) is 4.90 Å². The molecule has 0 spiro atoms. The maximum atomic E-state index is 15.2. The smallest absolute Gasteiger partial charge is 0.242 e. The van der Waals surface area contributed by atoms with E-state index < -0.39 is 46.8 Å². The number of fused-ring (bicyclic) bond motifs is 5. The lowest BCUT2D eigenvalue weighted by atomic mass is 9.51. The van der Waals surface area contributed by atoms with Crippen molar-refractivity contribution in [3.05, 3.63) is 98.5 Å². The number of phenols is 2. The van der Waals surface area contributed by atoms with E-state index in [0.29, 0.717) is 33.0 Å². The number of carbonyl (C=O) groups excluding carboxylic acids is 4. The van der Waals surface area contributed by atoms with Crippen molar-refractivity contribution in [2.75, 3.05) is 18.6 Å². The largest absolute Gasteiger partial charge is 0.508 e. The molecule has 0 bridgehead atoms. The van der Waals surface area contributed by atoms with E-state index in [1.165, 1.54) is 16.9 Å². The van der Waals surface area contributed by atoms with Crippen molar-refractivity contribution in [3.63, 3.8) is 0 Å². The van der Waals surface area contributed by atoms with E-state index in [1.54, 1.807) is 72.5 Å². The normalized spacial score (nSPS) is 25.6. The summed E-state index contributed by atoms with van der Waals surface area (Å²) >= 11 is 11.4. The Kier molecular flexibility index (Phi) is 8.94. The molecule has 2 aliphatic carbocycles. The third-order valence-electron chi connectivity index (χ3n) is 12.7. The monoisotopic (exact) mass is 868 g/mol. The fourth-order valence-corrected chi connectivity index (χ4v) is 11.7. The number of methoxy groups -OCH3 is 1. The van der Waals surface area contributed by atoms with Gasteiger partial charge in [0.2, 0.25) is 23.6 Å². The van der Waals surface area contributed by atoms with Crippen molar-refractivity contribution < 1.29 is 34.1 Å². The highest BCUT2D eigenvalue weighted by atomic mass is 79.9. The highest BCUT2D eigenvalue weighted by molar-refractivity contribution is 9.10. The number of hydrogen-bond acceptors (Lipinski definition) is 9. The molecule has 2 saturated heterocycles. The standard InChI is InChI=1S/C43H38BrClN4O7S/c1-20-27-17-23(45)7-12-33(27)57-38(20)31-19-34(47(3)46-31)49-40(53)30-18-28-25(36(43(30,2)42(49)55)29-15-22(44)16-32(56-4)37(29)51)10-11-26-35(28)41(54)48(39(26)52)14-13-21-5-8-24(50)9-6-21/h5-10,12,15-17,19,26,28,30,35-36,50-51H,11,13-14,18H2,1-4H3. The number of rotatable bonds is 7. The number of thiophene rings is 1. The second kappa shape index (κ2) is 13.6. The summed E-state index contributed by atoms with van der Waals surface area (Å²) in [6.07, 6.45) is 2.81. The van der Waals surface area contributed by atoms with Crippen LogP contribution in [-0.2, 0) is 32.6 Å². The summed E-state index contributed by atoms with van der Waals surface area (Å²) < 4.78 is 8.74. The second-order valence-corrected chi connectivity index (χ2v) is 18.1. The van der Waals surface area contributed by atoms with E-state index in [4.69, 9.17) is 21.4 Å². The van der Waals surface area contributed by atoms with Gasteiger partial charge in [0.05, 0.1) is 35.2 Å². The lowest BCUT2D eigenvalue weighted by Crippen LogP contribution is -2.49. The third kappa shape index (κ3) is 5.60. The molecule has 9 rings (SSSR count). The van der Waals surface area contributed by atoms with Gasteiger partial charge in [0.1, 0.15) is 17.3 Å². The predicted octanol–water partition coefficient (Wildman–Crippen LogP) is 7.92. The van der Waals surface area contributed by atoms with Gasteiger partial charge in [0, 0.05) is 45.3 Å². The number of nitrogens with zero attached hydrogens (tertiary/aromatic N) is 4. The number of aromatic hydroxyl groups is 2. The van der Waals surface area contributed by atoms with Gasteiger partial charge in [0.15, 0.2) is 11.5 Å². The third-order valence-corrected chi connectivity index (χ3v) is 14.7. The fourth-order valence-electron chi connectivity index (χ4n) is 9.95. The summed E-state index contributed by atoms with van der Waals surface area (Å²) in [6.45, 7) is 3.95. The molecule has 2 aliphatic heterocycles. The van der Waals surface area contributed by atoms with Crippen molar-refractivity contribution >= 4 is 78.4 Å². The summed E-state index contributed by atoms with van der Waals surface area (Å²) in [5.41, 5.74) is 2.21. The lowest BCUT2D eigenvalue weighted by molar-refractivity contribution is -0.140. The zero-order valence-electron chi connectivity index (χ0n) is 31.5. The molecule has 4 amide bonds. The van der Waals surface area contributed by atoms with Gasteiger partial charge in [-0.05, 0) is 98.0 Å². The van der Waals surface area contributed by atoms with Crippen LogP contribution >= 0.6 is 38.9 Å². The van der Waals surface area contributed by atoms with Crippen LogP contribution in [-0.4, -0.2) is 62.2 Å². The number of aromatic nitrogens is 2. The number of allylic oxidation sites excluding steroid dienone is 2. The van der Waals surface area contributed by atoms with Gasteiger partial charge in [-0.15, -0.1) is 11.3 Å². The molecule has 4 aliphatic rings. The first-order chi connectivity index (χ1) is 27.2. The van der Waals surface area contributed by atoms with Crippen LogP contribution in [0.5, 0.6) is 17.2 Å². The summed E-state index contributed by atoms with van der Waals surface area (Å²) in [5.74, 6) is -4.64. The molecule has 3 fully saturated rings. The summed E-state index contributed by atoms with van der Waals surface area (Å²) in [7, 11) is 3.15. The fraction of sp³-hybridized carbons (Fsp3) is 0.326. The first-order valence-corrected chi connectivity index (χ1v) is 20.7. The van der Waals surface area contributed by atoms with Crippen LogP contribution in [0.15, 0.2) is 76.8 Å². The number of imide groups is 2. The average Bonchev–Trinajstić information content (AvgIpc) is 3.85. The molecular formula is C43H38BrClN4O7S. The molecule has 2 N–H and O–H groups in total. The molecular weight excluding hydrogens is 832 g/mol. The summed E-state index contributed by atoms with van der Waals surface area (Å²) in [6, 6.07) is 17.5. The first-order valence-electron chi connectivity index (χ1n) is 18.7. The van der Waals surface area contributed by atoms with E-state index >= 15 is 4.79 Å². The van der Waals surface area contributed by atoms with Crippen molar-refractivity contribution in [2.45, 2.75) is 39.0 Å². The van der Waals surface area contributed by atoms with Crippen LogP contribution in [0.2, 0.25) is 5.02 Å². The molecule has 57 heavy (non-hydrogen) atoms. The minimum absolute atomic E-state index is 0.129. The van der Waals surface area contributed by atoms with Crippen LogP contribution in [0, 0.1) is 36.0 Å². The van der Waals surface area contributed by atoms with E-state index in [1.807, 2.05) is 31.2 Å². The number of ether oxygens (including phenoxy) is 1. The number of phenolic OH excluding ortho intramolecular Hbond substituents is 2. The Morgan fingerprint density at radius 3 is 2.49 bits per heavy atom. The molecule has 14 heteroatoms. The molecule has 4 heterocycles. The van der Waals surface area contributed by atoms with E-state index in [0.717, 1.165) is 31.7 Å². The number of likely N-dealkylation sites (tertiary alicyclic amines) is 1. The highest BCUT2D eigenvalue weighted by Crippen LogP contribution is 2.65. The summed E-state index contributed by atoms with van der Waals surface area (Å²) in [5, 5.41) is 27.9. The minimum atomic E-state index is -1.39. The topological polar surface area (TPSA) is 142 Å². The zero-order valence-corrected chi connectivity index (χ0v) is 34.6. The minimum Gasteiger partial charge on any atom is -0.508 e. The maximum Gasteiger partial charge on any atom is 0.242 e. The predicted molar refractivity (Wildman–Crippen MR) is 219 cm³/mol. The van der Waals surface area contributed by atoms with Gasteiger partial charge in [-0.2, -0.15) is 5.10 Å². The molecule has 11 nitrogen and oxygen atoms in total. The maximum absolute atomic E-state index is 15.2. The second-order valence-electron chi connectivity index (χ2n) is 15.7. The molecule has 1 saturated carbocycles. The van der Waals surface area contributed by atoms with Crippen LogP contribution < -0.4 is 9.64 Å². The van der Waals surface area contributed by atoms with Crippen molar-refractivity contribution in [2.24, 2.45) is 36.1 Å². The Bertz CT molecular complexity index is 2600. The van der Waals surface area contributed by atoms with Crippen molar-refractivity contribution in [1.82, 2.24) is 14.7 Å². The average molecular weight is 870 g/mol. The molecule has 3 aromatic carbocycles. The molecule has 0 radical (unpaired) electrons. The van der Waals surface area contributed by atoms with Crippen molar-refractivity contribution in [1.29, 1.82) is 0 Å². The van der Waals surface area contributed by atoms with Crippen molar-refractivity contribution in [3.8, 4) is 27.8 Å². The van der Waals surface area contributed by atoms with E-state index in [2.05, 4.69) is 15.9 Å². The summed E-state index contributed by atoms with van der Waals surface area (Å²) in [4.78, 5) is 62.0. The van der Waals surface area contributed by atoms with Gasteiger partial charge < -0.3 is 14.9 Å². The number of halogens is 2. The van der Waals surface area contributed by atoms with Gasteiger partial charge >= 0.3 is 0 Å². The Morgan fingerprint density at radius 2 is 1.75 bits per heavy atom. The van der Waals surface area contributed by atoms with Crippen LogP contribution in [0.3, 0.4) is 0 Å². The number of aryl methyl sites for hydroxylation is 2. The molecule has 6 unspecified atom stereocenters. The lowest BCUT2D eigenvalue weighted by Gasteiger charge is -2.49.